The molecule has 0 aliphatic carbocycles. The van der Waals surface area contributed by atoms with Gasteiger partial charge in [-0.25, -0.2) is 0 Å². The van der Waals surface area contributed by atoms with Crippen molar-refractivity contribution in [1.29, 1.82) is 0 Å². The van der Waals surface area contributed by atoms with Crippen molar-refractivity contribution in [3.8, 4) is 0 Å². The first-order valence-corrected chi connectivity index (χ1v) is 8.12. The SMILES string of the molecule is O=C(NC1CN2CCC1CC2)[C@H]1Cc2ccccc2CN1. The van der Waals surface area contributed by atoms with Crippen LogP contribution in [0.25, 0.3) is 0 Å². The lowest BCUT2D eigenvalue weighted by Crippen LogP contribution is -2.60. The van der Waals surface area contributed by atoms with Crippen LogP contribution < -0.4 is 10.6 Å². The quantitative estimate of drug-likeness (QED) is 0.849. The smallest absolute Gasteiger partial charge is 0.237 e. The summed E-state index contributed by atoms with van der Waals surface area (Å²) in [7, 11) is 0. The molecular formula is C17H23N3O. The van der Waals surface area contributed by atoms with E-state index in [1.165, 1.54) is 37.1 Å². The highest BCUT2D eigenvalue weighted by Gasteiger charge is 2.36. The van der Waals surface area contributed by atoms with Crippen molar-refractivity contribution in [2.24, 2.45) is 5.92 Å². The summed E-state index contributed by atoms with van der Waals surface area (Å²) in [4.78, 5) is 15.0. The number of carbonyl (C=O) groups excluding carboxylic acids is 1. The fourth-order valence-corrected chi connectivity index (χ4v) is 4.05. The van der Waals surface area contributed by atoms with Crippen LogP contribution >= 0.6 is 0 Å². The Bertz CT molecular complexity index is 537. The van der Waals surface area contributed by atoms with Crippen molar-refractivity contribution in [2.45, 2.75) is 37.9 Å². The molecule has 5 rings (SSSR count). The predicted octanol–water partition coefficient (Wildman–Crippen LogP) is 0.911. The van der Waals surface area contributed by atoms with E-state index in [1.807, 2.05) is 0 Å². The summed E-state index contributed by atoms with van der Waals surface area (Å²) >= 11 is 0. The van der Waals surface area contributed by atoms with Crippen LogP contribution in [0.1, 0.15) is 24.0 Å². The van der Waals surface area contributed by atoms with Gasteiger partial charge in [0.1, 0.15) is 0 Å². The molecule has 1 amide bonds. The number of hydrogen-bond acceptors (Lipinski definition) is 3. The zero-order valence-electron chi connectivity index (χ0n) is 12.3. The Morgan fingerprint density at radius 1 is 1.19 bits per heavy atom. The summed E-state index contributed by atoms with van der Waals surface area (Å²) in [6, 6.07) is 8.70. The van der Waals surface area contributed by atoms with Gasteiger partial charge in [0.2, 0.25) is 5.91 Å². The lowest BCUT2D eigenvalue weighted by Gasteiger charge is -2.45. The summed E-state index contributed by atoms with van der Waals surface area (Å²) in [5, 5.41) is 6.69. The molecule has 2 atom stereocenters. The number of carbonyl (C=O) groups is 1. The number of benzene rings is 1. The van der Waals surface area contributed by atoms with Gasteiger partial charge in [0.05, 0.1) is 6.04 Å². The molecule has 1 unspecified atom stereocenters. The second kappa shape index (κ2) is 5.43. The number of amides is 1. The number of hydrogen-bond donors (Lipinski definition) is 2. The summed E-state index contributed by atoms with van der Waals surface area (Å²) < 4.78 is 0. The highest BCUT2D eigenvalue weighted by Crippen LogP contribution is 2.27. The Morgan fingerprint density at radius 2 is 1.95 bits per heavy atom. The lowest BCUT2D eigenvalue weighted by atomic mass is 9.83. The molecule has 1 aromatic carbocycles. The molecule has 3 fully saturated rings. The maximum absolute atomic E-state index is 12.6. The van der Waals surface area contributed by atoms with Crippen molar-refractivity contribution in [3.05, 3.63) is 35.4 Å². The van der Waals surface area contributed by atoms with E-state index in [9.17, 15) is 4.79 Å². The minimum absolute atomic E-state index is 0.0737. The van der Waals surface area contributed by atoms with Gasteiger partial charge in [0.25, 0.3) is 0 Å². The highest BCUT2D eigenvalue weighted by molar-refractivity contribution is 5.82. The van der Waals surface area contributed by atoms with Crippen LogP contribution in [0.2, 0.25) is 0 Å². The van der Waals surface area contributed by atoms with Crippen molar-refractivity contribution in [3.63, 3.8) is 0 Å². The zero-order valence-corrected chi connectivity index (χ0v) is 12.3. The molecule has 0 saturated carbocycles. The second-order valence-electron chi connectivity index (χ2n) is 6.66. The molecular weight excluding hydrogens is 262 g/mol. The first-order chi connectivity index (χ1) is 10.3. The molecule has 1 aromatic rings. The molecule has 112 valence electrons. The minimum Gasteiger partial charge on any atom is -0.350 e. The molecule has 4 aliphatic heterocycles. The first-order valence-electron chi connectivity index (χ1n) is 8.12. The van der Waals surface area contributed by atoms with Crippen LogP contribution in [0.4, 0.5) is 0 Å². The van der Waals surface area contributed by atoms with E-state index in [4.69, 9.17) is 0 Å². The van der Waals surface area contributed by atoms with Gasteiger partial charge in [-0.3, -0.25) is 4.79 Å². The number of nitrogens with zero attached hydrogens (tertiary/aromatic N) is 1. The van der Waals surface area contributed by atoms with E-state index in [-0.39, 0.29) is 11.9 Å². The number of piperidine rings is 3. The molecule has 2 bridgehead atoms. The topological polar surface area (TPSA) is 44.4 Å². The van der Waals surface area contributed by atoms with Gasteiger partial charge < -0.3 is 15.5 Å². The minimum atomic E-state index is -0.0737. The molecule has 4 nitrogen and oxygen atoms in total. The van der Waals surface area contributed by atoms with Gasteiger partial charge in [-0.05, 0) is 49.4 Å². The molecule has 2 N–H and O–H groups in total. The van der Waals surface area contributed by atoms with Crippen molar-refractivity contribution in [1.82, 2.24) is 15.5 Å². The average molecular weight is 285 g/mol. The van der Waals surface area contributed by atoms with Crippen LogP contribution in [0.3, 0.4) is 0 Å². The molecule has 4 aliphatic rings. The zero-order chi connectivity index (χ0) is 14.2. The Hall–Kier alpha value is -1.39. The fraction of sp³-hybridized carbons (Fsp3) is 0.588. The lowest BCUT2D eigenvalue weighted by molar-refractivity contribution is -0.125. The van der Waals surface area contributed by atoms with E-state index < -0.39 is 0 Å². The number of nitrogens with one attached hydrogen (secondary N) is 2. The van der Waals surface area contributed by atoms with Crippen molar-refractivity contribution >= 4 is 5.91 Å². The third-order valence-electron chi connectivity index (χ3n) is 5.38. The van der Waals surface area contributed by atoms with E-state index in [0.717, 1.165) is 19.5 Å². The first kappa shape index (κ1) is 13.3. The Kier molecular flexibility index (Phi) is 3.43. The predicted molar refractivity (Wildman–Crippen MR) is 81.9 cm³/mol. The van der Waals surface area contributed by atoms with Gasteiger partial charge in [-0.2, -0.15) is 0 Å². The highest BCUT2D eigenvalue weighted by atomic mass is 16.2. The molecule has 21 heavy (non-hydrogen) atoms. The molecule has 3 saturated heterocycles. The van der Waals surface area contributed by atoms with Gasteiger partial charge in [0.15, 0.2) is 0 Å². The largest absolute Gasteiger partial charge is 0.350 e. The molecule has 0 radical (unpaired) electrons. The van der Waals surface area contributed by atoms with Crippen LogP contribution in [0, 0.1) is 5.92 Å². The summed E-state index contributed by atoms with van der Waals surface area (Å²) in [5.41, 5.74) is 2.63. The van der Waals surface area contributed by atoms with Crippen molar-refractivity contribution < 1.29 is 4.79 Å². The van der Waals surface area contributed by atoms with E-state index in [1.54, 1.807) is 0 Å². The third kappa shape index (κ3) is 2.58. The molecule has 4 heteroatoms. The van der Waals surface area contributed by atoms with Crippen LogP contribution in [0.5, 0.6) is 0 Å². The maximum Gasteiger partial charge on any atom is 0.237 e. The second-order valence-corrected chi connectivity index (χ2v) is 6.66. The van der Waals surface area contributed by atoms with Gasteiger partial charge in [-0.1, -0.05) is 24.3 Å². The summed E-state index contributed by atoms with van der Waals surface area (Å²) in [5.74, 6) is 0.873. The van der Waals surface area contributed by atoms with Gasteiger partial charge in [-0.15, -0.1) is 0 Å². The van der Waals surface area contributed by atoms with E-state index >= 15 is 0 Å². The molecule has 4 heterocycles. The molecule has 0 aromatic heterocycles. The van der Waals surface area contributed by atoms with E-state index in [0.29, 0.717) is 12.0 Å². The Labute approximate surface area is 125 Å². The Balaban J connectivity index is 1.40. The van der Waals surface area contributed by atoms with E-state index in [2.05, 4.69) is 39.8 Å². The molecule has 0 spiro atoms. The standard InChI is InChI=1S/C17H23N3O/c21-17(19-16-11-20-7-5-12(16)6-8-20)15-9-13-3-1-2-4-14(13)10-18-15/h1-4,12,15-16,18H,5-11H2,(H,19,21)/t15-,16?/m1/s1. The van der Waals surface area contributed by atoms with Gasteiger partial charge >= 0.3 is 0 Å². The van der Waals surface area contributed by atoms with Crippen LogP contribution in [-0.4, -0.2) is 42.5 Å². The summed E-state index contributed by atoms with van der Waals surface area (Å²) in [6.45, 7) is 4.27. The van der Waals surface area contributed by atoms with Crippen molar-refractivity contribution in [2.75, 3.05) is 19.6 Å². The van der Waals surface area contributed by atoms with Crippen LogP contribution in [0.15, 0.2) is 24.3 Å². The average Bonchev–Trinajstić information content (AvgIpc) is 2.55. The third-order valence-corrected chi connectivity index (χ3v) is 5.38. The number of fused-ring (bicyclic) bond motifs is 4. The normalized spacial score (nSPS) is 34.3. The van der Waals surface area contributed by atoms with Crippen LogP contribution in [-0.2, 0) is 17.8 Å². The fourth-order valence-electron chi connectivity index (χ4n) is 4.05. The Morgan fingerprint density at radius 3 is 2.67 bits per heavy atom. The maximum atomic E-state index is 12.6. The number of rotatable bonds is 2. The monoisotopic (exact) mass is 285 g/mol. The summed E-state index contributed by atoms with van der Waals surface area (Å²) in [6.07, 6.45) is 3.29. The van der Waals surface area contributed by atoms with Gasteiger partial charge in [0, 0.05) is 19.1 Å².